The molecule has 0 unspecified atom stereocenters. The summed E-state index contributed by atoms with van der Waals surface area (Å²) in [5.74, 6) is 0.989. The molecule has 0 spiro atoms. The van der Waals surface area contributed by atoms with Crippen LogP contribution < -0.4 is 15.4 Å². The predicted molar refractivity (Wildman–Crippen MR) is 71.7 cm³/mol. The van der Waals surface area contributed by atoms with E-state index in [0.717, 1.165) is 17.8 Å². The highest BCUT2D eigenvalue weighted by molar-refractivity contribution is 6.07. The Bertz CT molecular complexity index is 621. The molecule has 0 aliphatic carbocycles. The van der Waals surface area contributed by atoms with Crippen molar-refractivity contribution in [3.8, 4) is 5.75 Å². The first-order chi connectivity index (χ1) is 9.25. The highest BCUT2D eigenvalue weighted by Gasteiger charge is 2.19. The van der Waals surface area contributed by atoms with Crippen LogP contribution in [-0.4, -0.2) is 29.3 Å². The summed E-state index contributed by atoms with van der Waals surface area (Å²) < 4.78 is 5.58. The van der Waals surface area contributed by atoms with Crippen LogP contribution in [0.15, 0.2) is 24.4 Å². The minimum Gasteiger partial charge on any atom is -0.489 e. The Balaban J connectivity index is 1.90. The molecule has 0 fully saturated rings. The molecular formula is C13H14N4O2. The maximum atomic E-state index is 12.3. The van der Waals surface area contributed by atoms with E-state index in [1.807, 2.05) is 19.1 Å². The van der Waals surface area contributed by atoms with E-state index in [4.69, 9.17) is 4.74 Å². The molecule has 19 heavy (non-hydrogen) atoms. The van der Waals surface area contributed by atoms with Gasteiger partial charge in [-0.2, -0.15) is 5.10 Å². The molecule has 1 aromatic carbocycles. The zero-order valence-corrected chi connectivity index (χ0v) is 10.5. The maximum absolute atomic E-state index is 12.3. The molecule has 3 N–H and O–H groups in total. The second kappa shape index (κ2) is 4.64. The van der Waals surface area contributed by atoms with E-state index < -0.39 is 0 Å². The van der Waals surface area contributed by atoms with E-state index in [1.165, 1.54) is 0 Å². The SMILES string of the molecule is Cc1cn[nH]c1NC(=O)c1cccc2c1OCCN2. The van der Waals surface area contributed by atoms with Gasteiger partial charge >= 0.3 is 0 Å². The Morgan fingerprint density at radius 2 is 2.37 bits per heavy atom. The first-order valence-corrected chi connectivity index (χ1v) is 6.06. The number of H-pyrrole nitrogens is 1. The quantitative estimate of drug-likeness (QED) is 0.767. The molecule has 1 amide bonds. The normalized spacial score (nSPS) is 13.1. The lowest BCUT2D eigenvalue weighted by Crippen LogP contribution is -2.22. The van der Waals surface area contributed by atoms with Crippen molar-refractivity contribution in [2.45, 2.75) is 6.92 Å². The van der Waals surface area contributed by atoms with Crippen LogP contribution in [0.2, 0.25) is 0 Å². The first kappa shape index (κ1) is 11.6. The van der Waals surface area contributed by atoms with Crippen molar-refractivity contribution in [3.63, 3.8) is 0 Å². The third-order valence-corrected chi connectivity index (χ3v) is 2.99. The standard InChI is InChI=1S/C13H14N4O2/c1-8-7-15-17-12(8)16-13(18)9-3-2-4-10-11(9)19-6-5-14-10/h2-4,7,14H,5-6H2,1H3,(H2,15,16,17,18). The lowest BCUT2D eigenvalue weighted by Gasteiger charge is -2.21. The van der Waals surface area contributed by atoms with Crippen LogP contribution in [-0.2, 0) is 0 Å². The fourth-order valence-corrected chi connectivity index (χ4v) is 2.00. The third kappa shape index (κ3) is 2.12. The fraction of sp³-hybridized carbons (Fsp3) is 0.231. The highest BCUT2D eigenvalue weighted by atomic mass is 16.5. The molecule has 0 atom stereocenters. The van der Waals surface area contributed by atoms with Crippen molar-refractivity contribution in [2.75, 3.05) is 23.8 Å². The van der Waals surface area contributed by atoms with Gasteiger partial charge < -0.3 is 15.4 Å². The number of ether oxygens (including phenoxy) is 1. The number of para-hydroxylation sites is 1. The van der Waals surface area contributed by atoms with Crippen molar-refractivity contribution in [2.24, 2.45) is 0 Å². The number of fused-ring (bicyclic) bond motifs is 1. The number of aryl methyl sites for hydroxylation is 1. The molecule has 3 rings (SSSR count). The van der Waals surface area contributed by atoms with Gasteiger partial charge in [-0.05, 0) is 19.1 Å². The van der Waals surface area contributed by atoms with E-state index in [2.05, 4.69) is 20.8 Å². The Morgan fingerprint density at radius 1 is 1.47 bits per heavy atom. The highest BCUT2D eigenvalue weighted by Crippen LogP contribution is 2.31. The van der Waals surface area contributed by atoms with Crippen LogP contribution >= 0.6 is 0 Å². The smallest absolute Gasteiger partial charge is 0.260 e. The molecular weight excluding hydrogens is 244 g/mol. The van der Waals surface area contributed by atoms with Gasteiger partial charge in [-0.1, -0.05) is 6.07 Å². The zero-order valence-electron chi connectivity index (χ0n) is 10.5. The van der Waals surface area contributed by atoms with Gasteiger partial charge in [-0.3, -0.25) is 9.89 Å². The van der Waals surface area contributed by atoms with Gasteiger partial charge in [-0.25, -0.2) is 0 Å². The molecule has 0 bridgehead atoms. The number of hydrogen-bond donors (Lipinski definition) is 3. The number of benzene rings is 1. The Morgan fingerprint density at radius 3 is 3.16 bits per heavy atom. The van der Waals surface area contributed by atoms with Crippen molar-refractivity contribution < 1.29 is 9.53 Å². The Hall–Kier alpha value is -2.50. The molecule has 1 aromatic heterocycles. The maximum Gasteiger partial charge on any atom is 0.260 e. The van der Waals surface area contributed by atoms with Gasteiger partial charge in [0, 0.05) is 12.1 Å². The van der Waals surface area contributed by atoms with Gasteiger partial charge in [0.25, 0.3) is 5.91 Å². The minimum atomic E-state index is -0.215. The minimum absolute atomic E-state index is 0.215. The molecule has 0 saturated carbocycles. The molecule has 6 nitrogen and oxygen atoms in total. The van der Waals surface area contributed by atoms with Crippen LogP contribution in [0.1, 0.15) is 15.9 Å². The van der Waals surface area contributed by atoms with Crippen LogP contribution in [0.5, 0.6) is 5.75 Å². The number of aromatic nitrogens is 2. The summed E-state index contributed by atoms with van der Waals surface area (Å²) in [6, 6.07) is 5.47. The van der Waals surface area contributed by atoms with Crippen molar-refractivity contribution in [1.29, 1.82) is 0 Å². The number of carbonyl (C=O) groups is 1. The molecule has 2 aromatic rings. The molecule has 1 aliphatic rings. The Kier molecular flexibility index (Phi) is 2.83. The third-order valence-electron chi connectivity index (χ3n) is 2.99. The molecule has 6 heteroatoms. The van der Waals surface area contributed by atoms with Crippen molar-refractivity contribution in [3.05, 3.63) is 35.5 Å². The van der Waals surface area contributed by atoms with E-state index in [9.17, 15) is 4.79 Å². The first-order valence-electron chi connectivity index (χ1n) is 6.06. The Labute approximate surface area is 110 Å². The summed E-state index contributed by atoms with van der Waals surface area (Å²) in [6.07, 6.45) is 1.66. The number of carbonyl (C=O) groups excluding carboxylic acids is 1. The van der Waals surface area contributed by atoms with Gasteiger partial charge in [0.15, 0.2) is 5.75 Å². The molecule has 0 radical (unpaired) electrons. The average Bonchev–Trinajstić information content (AvgIpc) is 2.83. The predicted octanol–water partition coefficient (Wildman–Crippen LogP) is 1.77. The van der Waals surface area contributed by atoms with Crippen LogP contribution in [0, 0.1) is 6.92 Å². The van der Waals surface area contributed by atoms with Gasteiger partial charge in [0.1, 0.15) is 12.4 Å². The van der Waals surface area contributed by atoms with E-state index in [-0.39, 0.29) is 5.91 Å². The summed E-state index contributed by atoms with van der Waals surface area (Å²) >= 11 is 0. The topological polar surface area (TPSA) is 79.0 Å². The second-order valence-electron chi connectivity index (χ2n) is 4.34. The average molecular weight is 258 g/mol. The number of hydrogen-bond acceptors (Lipinski definition) is 4. The molecule has 0 saturated heterocycles. The van der Waals surface area contributed by atoms with E-state index in [1.54, 1.807) is 12.3 Å². The summed E-state index contributed by atoms with van der Waals surface area (Å²) in [5, 5.41) is 12.6. The van der Waals surface area contributed by atoms with Gasteiger partial charge in [0.05, 0.1) is 17.4 Å². The summed E-state index contributed by atoms with van der Waals surface area (Å²) in [4.78, 5) is 12.3. The number of nitrogens with one attached hydrogen (secondary N) is 3. The lowest BCUT2D eigenvalue weighted by atomic mass is 10.1. The van der Waals surface area contributed by atoms with E-state index in [0.29, 0.717) is 23.7 Å². The number of aromatic amines is 1. The number of rotatable bonds is 2. The van der Waals surface area contributed by atoms with Crippen LogP contribution in [0.4, 0.5) is 11.5 Å². The molecule has 1 aliphatic heterocycles. The van der Waals surface area contributed by atoms with Gasteiger partial charge in [-0.15, -0.1) is 0 Å². The summed E-state index contributed by atoms with van der Waals surface area (Å²) in [6.45, 7) is 3.18. The fourth-order valence-electron chi connectivity index (χ4n) is 2.00. The van der Waals surface area contributed by atoms with Crippen LogP contribution in [0.3, 0.4) is 0 Å². The largest absolute Gasteiger partial charge is 0.489 e. The summed E-state index contributed by atoms with van der Waals surface area (Å²) in [5.41, 5.74) is 2.25. The molecule has 2 heterocycles. The number of nitrogens with zero attached hydrogens (tertiary/aromatic N) is 1. The zero-order chi connectivity index (χ0) is 13.2. The monoisotopic (exact) mass is 258 g/mol. The van der Waals surface area contributed by atoms with Gasteiger partial charge in [0.2, 0.25) is 0 Å². The van der Waals surface area contributed by atoms with Crippen LogP contribution in [0.25, 0.3) is 0 Å². The summed E-state index contributed by atoms with van der Waals surface area (Å²) in [7, 11) is 0. The number of anilines is 2. The van der Waals surface area contributed by atoms with E-state index >= 15 is 0 Å². The molecule has 98 valence electrons. The number of amides is 1. The second-order valence-corrected chi connectivity index (χ2v) is 4.34. The lowest BCUT2D eigenvalue weighted by molar-refractivity contribution is 0.102. The van der Waals surface area contributed by atoms with Crippen molar-refractivity contribution >= 4 is 17.4 Å². The van der Waals surface area contributed by atoms with Crippen molar-refractivity contribution in [1.82, 2.24) is 10.2 Å².